The van der Waals surface area contributed by atoms with Crippen LogP contribution in [-0.4, -0.2) is 36.6 Å². The summed E-state index contributed by atoms with van der Waals surface area (Å²) in [6, 6.07) is 13.6. The summed E-state index contributed by atoms with van der Waals surface area (Å²) >= 11 is 1.57. The number of anilines is 1. The van der Waals surface area contributed by atoms with Crippen molar-refractivity contribution in [2.24, 2.45) is 0 Å². The van der Waals surface area contributed by atoms with Crippen LogP contribution in [0.15, 0.2) is 47.4 Å². The van der Waals surface area contributed by atoms with Crippen molar-refractivity contribution in [3.8, 4) is 0 Å². The Balaban J connectivity index is 1.93. The molecule has 0 heterocycles. The van der Waals surface area contributed by atoms with Gasteiger partial charge >= 0.3 is 0 Å². The van der Waals surface area contributed by atoms with E-state index < -0.39 is 0 Å². The number of hydrogen-bond donors (Lipinski definition) is 1. The molecule has 0 aliphatic carbocycles. The second-order valence-electron chi connectivity index (χ2n) is 6.09. The fraction of sp³-hybridized carbons (Fsp3) is 0.300. The Morgan fingerprint density at radius 2 is 1.80 bits per heavy atom. The minimum absolute atomic E-state index is 0.0341. The predicted octanol–water partition coefficient (Wildman–Crippen LogP) is 3.66. The van der Waals surface area contributed by atoms with Crippen LogP contribution < -0.4 is 5.32 Å². The number of para-hydroxylation sites is 1. The molecule has 132 valence electrons. The summed E-state index contributed by atoms with van der Waals surface area (Å²) < 4.78 is 0. The van der Waals surface area contributed by atoms with Gasteiger partial charge in [-0.05, 0) is 48.9 Å². The lowest BCUT2D eigenvalue weighted by Gasteiger charge is -2.18. The fourth-order valence-corrected chi connectivity index (χ4v) is 3.02. The van der Waals surface area contributed by atoms with Crippen molar-refractivity contribution < 1.29 is 9.59 Å². The maximum absolute atomic E-state index is 12.4. The summed E-state index contributed by atoms with van der Waals surface area (Å²) in [5, 5.41) is 2.87. The Hall–Kier alpha value is -2.27. The molecular weight excluding hydrogens is 332 g/mol. The summed E-state index contributed by atoms with van der Waals surface area (Å²) in [6.45, 7) is 4.11. The second kappa shape index (κ2) is 8.72. The number of rotatable bonds is 6. The number of carbonyl (C=O) groups is 2. The van der Waals surface area contributed by atoms with Gasteiger partial charge in [-0.2, -0.15) is 0 Å². The van der Waals surface area contributed by atoms with Crippen LogP contribution in [0.1, 0.15) is 16.7 Å². The number of nitrogens with zero attached hydrogens (tertiary/aromatic N) is 1. The van der Waals surface area contributed by atoms with Crippen molar-refractivity contribution in [1.82, 2.24) is 4.90 Å². The number of benzene rings is 2. The number of likely N-dealkylation sites (N-methyl/N-ethyl adjacent to an activating group) is 1. The normalized spacial score (nSPS) is 10.4. The van der Waals surface area contributed by atoms with Crippen molar-refractivity contribution >= 4 is 29.3 Å². The van der Waals surface area contributed by atoms with Gasteiger partial charge in [-0.25, -0.2) is 0 Å². The van der Waals surface area contributed by atoms with Crippen LogP contribution in [0.4, 0.5) is 5.69 Å². The largest absolute Gasteiger partial charge is 0.336 e. The molecule has 25 heavy (non-hydrogen) atoms. The first-order chi connectivity index (χ1) is 11.9. The Kier molecular flexibility index (Phi) is 6.65. The monoisotopic (exact) mass is 356 g/mol. The molecule has 2 aromatic rings. The van der Waals surface area contributed by atoms with Gasteiger partial charge in [-0.1, -0.05) is 30.3 Å². The molecule has 0 fully saturated rings. The standard InChI is InChI=1S/C20H24N2O2S/c1-14-9-10-16(11-15(14)2)12-20(24)22(3)13-19(23)21-17-7-5-6-8-18(17)25-4/h5-11H,12-13H2,1-4H3,(H,21,23). The maximum Gasteiger partial charge on any atom is 0.244 e. The summed E-state index contributed by atoms with van der Waals surface area (Å²) in [5.74, 6) is -0.269. The molecule has 2 amide bonds. The van der Waals surface area contributed by atoms with Crippen LogP contribution in [0.25, 0.3) is 0 Å². The first-order valence-corrected chi connectivity index (χ1v) is 9.36. The Labute approximate surface area is 153 Å². The molecule has 0 saturated heterocycles. The van der Waals surface area contributed by atoms with Gasteiger partial charge in [0.25, 0.3) is 0 Å². The third-order valence-electron chi connectivity index (χ3n) is 4.11. The summed E-state index contributed by atoms with van der Waals surface area (Å²) in [5.41, 5.74) is 4.11. The van der Waals surface area contributed by atoms with Gasteiger partial charge in [0.1, 0.15) is 0 Å². The minimum atomic E-state index is -0.197. The van der Waals surface area contributed by atoms with Crippen LogP contribution in [0.2, 0.25) is 0 Å². The first-order valence-electron chi connectivity index (χ1n) is 8.13. The van der Waals surface area contributed by atoms with Crippen molar-refractivity contribution in [3.63, 3.8) is 0 Å². The van der Waals surface area contributed by atoms with Crippen LogP contribution >= 0.6 is 11.8 Å². The van der Waals surface area contributed by atoms with Crippen LogP contribution in [0.3, 0.4) is 0 Å². The molecule has 1 N–H and O–H groups in total. The van der Waals surface area contributed by atoms with Gasteiger partial charge in [0.05, 0.1) is 18.7 Å². The third kappa shape index (κ3) is 5.36. The Bertz CT molecular complexity index is 774. The highest BCUT2D eigenvalue weighted by molar-refractivity contribution is 7.98. The first kappa shape index (κ1) is 19.1. The van der Waals surface area contributed by atoms with E-state index in [1.807, 2.05) is 62.6 Å². The average Bonchev–Trinajstić information content (AvgIpc) is 2.58. The van der Waals surface area contributed by atoms with Gasteiger partial charge in [-0.3, -0.25) is 9.59 Å². The average molecular weight is 356 g/mol. The van der Waals surface area contributed by atoms with Crippen molar-refractivity contribution in [3.05, 3.63) is 59.2 Å². The number of nitrogens with one attached hydrogen (secondary N) is 1. The molecular formula is C20H24N2O2S. The highest BCUT2D eigenvalue weighted by Gasteiger charge is 2.14. The molecule has 0 spiro atoms. The van der Waals surface area contributed by atoms with Gasteiger partial charge < -0.3 is 10.2 Å². The molecule has 2 rings (SSSR count). The van der Waals surface area contributed by atoms with Crippen LogP contribution in [-0.2, 0) is 16.0 Å². The summed E-state index contributed by atoms with van der Waals surface area (Å²) in [4.78, 5) is 27.1. The van der Waals surface area contributed by atoms with E-state index in [2.05, 4.69) is 5.32 Å². The molecule has 0 radical (unpaired) electrons. The fourth-order valence-electron chi connectivity index (χ4n) is 2.46. The molecule has 5 heteroatoms. The van der Waals surface area contributed by atoms with Crippen LogP contribution in [0, 0.1) is 13.8 Å². The van der Waals surface area contributed by atoms with E-state index in [-0.39, 0.29) is 18.4 Å². The third-order valence-corrected chi connectivity index (χ3v) is 4.91. The molecule has 0 bridgehead atoms. The topological polar surface area (TPSA) is 49.4 Å². The van der Waals surface area contributed by atoms with E-state index >= 15 is 0 Å². The van der Waals surface area contributed by atoms with Crippen molar-refractivity contribution in [2.45, 2.75) is 25.2 Å². The van der Waals surface area contributed by atoms with Gasteiger partial charge in [-0.15, -0.1) is 11.8 Å². The maximum atomic E-state index is 12.4. The Morgan fingerprint density at radius 1 is 1.08 bits per heavy atom. The van der Waals surface area contributed by atoms with E-state index in [1.165, 1.54) is 16.0 Å². The smallest absolute Gasteiger partial charge is 0.244 e. The second-order valence-corrected chi connectivity index (χ2v) is 6.94. The number of carbonyl (C=O) groups excluding carboxylic acids is 2. The number of amides is 2. The van der Waals surface area contributed by atoms with Crippen molar-refractivity contribution in [1.29, 1.82) is 0 Å². The van der Waals surface area contributed by atoms with Crippen molar-refractivity contribution in [2.75, 3.05) is 25.2 Å². The van der Waals surface area contributed by atoms with Gasteiger partial charge in [0.15, 0.2) is 0 Å². The molecule has 0 atom stereocenters. The molecule has 0 aliphatic rings. The summed E-state index contributed by atoms with van der Waals surface area (Å²) in [6.07, 6.45) is 2.26. The Morgan fingerprint density at radius 3 is 2.48 bits per heavy atom. The lowest BCUT2D eigenvalue weighted by atomic mass is 10.0. The number of hydrogen-bond acceptors (Lipinski definition) is 3. The van der Waals surface area contributed by atoms with E-state index in [0.29, 0.717) is 6.42 Å². The molecule has 0 unspecified atom stereocenters. The molecule has 2 aromatic carbocycles. The van der Waals surface area contributed by atoms with E-state index in [9.17, 15) is 9.59 Å². The zero-order valence-corrected chi connectivity index (χ0v) is 15.9. The predicted molar refractivity (Wildman–Crippen MR) is 104 cm³/mol. The SMILES string of the molecule is CSc1ccccc1NC(=O)CN(C)C(=O)Cc1ccc(C)c(C)c1. The van der Waals surface area contributed by atoms with Crippen LogP contribution in [0.5, 0.6) is 0 Å². The zero-order valence-electron chi connectivity index (χ0n) is 15.1. The minimum Gasteiger partial charge on any atom is -0.336 e. The van der Waals surface area contributed by atoms with Gasteiger partial charge in [0.2, 0.25) is 11.8 Å². The lowest BCUT2D eigenvalue weighted by Crippen LogP contribution is -2.35. The quantitative estimate of drug-likeness (QED) is 0.804. The number of thioether (sulfide) groups is 1. The molecule has 0 aromatic heterocycles. The zero-order chi connectivity index (χ0) is 18.4. The molecule has 0 saturated carbocycles. The molecule has 0 aliphatic heterocycles. The highest BCUT2D eigenvalue weighted by Crippen LogP contribution is 2.24. The number of aryl methyl sites for hydroxylation is 2. The van der Waals surface area contributed by atoms with Gasteiger partial charge in [0, 0.05) is 11.9 Å². The lowest BCUT2D eigenvalue weighted by molar-refractivity contribution is -0.132. The summed E-state index contributed by atoms with van der Waals surface area (Å²) in [7, 11) is 1.66. The highest BCUT2D eigenvalue weighted by atomic mass is 32.2. The van der Waals surface area contributed by atoms with E-state index in [1.54, 1.807) is 18.8 Å². The molecule has 4 nitrogen and oxygen atoms in total. The van der Waals surface area contributed by atoms with E-state index in [4.69, 9.17) is 0 Å². The van der Waals surface area contributed by atoms with E-state index in [0.717, 1.165) is 16.1 Å².